The molecule has 2 aliphatic carbocycles. The molecule has 154 valence electrons. The van der Waals surface area contributed by atoms with Crippen LogP contribution in [0.15, 0.2) is 21.8 Å². The molecule has 2 amide bonds. The summed E-state index contributed by atoms with van der Waals surface area (Å²) in [6.07, 6.45) is 5.89. The molecule has 3 aliphatic rings. The molecule has 0 fully saturated rings. The van der Waals surface area contributed by atoms with Gasteiger partial charge in [-0.15, -0.1) is 4.36 Å². The van der Waals surface area contributed by atoms with Crippen LogP contribution >= 0.6 is 0 Å². The minimum absolute atomic E-state index is 0.00806. The molecule has 2 unspecified atom stereocenters. The zero-order valence-corrected chi connectivity index (χ0v) is 16.7. The van der Waals surface area contributed by atoms with E-state index < -0.39 is 22.1 Å². The normalized spacial score (nSPS) is 21.5. The number of nitrogens with zero attached hydrogens (tertiary/aromatic N) is 3. The van der Waals surface area contributed by atoms with Crippen molar-refractivity contribution < 1.29 is 18.8 Å². The van der Waals surface area contributed by atoms with E-state index in [-0.39, 0.29) is 5.03 Å². The fourth-order valence-corrected chi connectivity index (χ4v) is 5.53. The lowest BCUT2D eigenvalue weighted by atomic mass is 9.98. The monoisotopic (exact) mass is 417 g/mol. The Kier molecular flexibility index (Phi) is 4.37. The minimum Gasteiger partial charge on any atom is -0.477 e. The highest BCUT2D eigenvalue weighted by atomic mass is 32.2. The number of aliphatic hydroxyl groups excluding tert-OH is 1. The number of amides is 2. The van der Waals surface area contributed by atoms with E-state index in [4.69, 9.17) is 9.88 Å². The summed E-state index contributed by atoms with van der Waals surface area (Å²) in [5.41, 5.74) is 4.72. The predicted molar refractivity (Wildman–Crippen MR) is 106 cm³/mol. The zero-order chi connectivity index (χ0) is 20.2. The lowest BCUT2D eigenvalue weighted by Crippen LogP contribution is -2.21. The van der Waals surface area contributed by atoms with Crippen LogP contribution in [-0.4, -0.2) is 31.5 Å². The molecule has 2 aromatic rings. The number of hydrogen-bond donors (Lipinski definition) is 3. The van der Waals surface area contributed by atoms with Crippen molar-refractivity contribution in [3.63, 3.8) is 0 Å². The number of hydrogen-bond acceptors (Lipinski definition) is 5. The average molecular weight is 417 g/mol. The van der Waals surface area contributed by atoms with Crippen LogP contribution in [0.1, 0.15) is 47.6 Å². The largest absolute Gasteiger partial charge is 0.477 e. The van der Waals surface area contributed by atoms with E-state index in [1.165, 1.54) is 6.33 Å². The first-order valence-corrected chi connectivity index (χ1v) is 11.4. The van der Waals surface area contributed by atoms with Crippen LogP contribution in [-0.2, 0) is 35.7 Å². The van der Waals surface area contributed by atoms with Crippen LogP contribution in [0.4, 0.5) is 10.5 Å². The summed E-state index contributed by atoms with van der Waals surface area (Å²) in [6, 6.07) is 1.28. The van der Waals surface area contributed by atoms with E-state index in [9.17, 15) is 14.1 Å². The van der Waals surface area contributed by atoms with Gasteiger partial charge in [0.15, 0.2) is 9.92 Å². The van der Waals surface area contributed by atoms with Crippen LogP contribution in [0.5, 0.6) is 5.88 Å². The molecule has 0 radical (unpaired) electrons. The minimum atomic E-state index is -3.56. The number of rotatable bonds is 2. The fourth-order valence-electron chi connectivity index (χ4n) is 4.52. The molecule has 9 nitrogen and oxygen atoms in total. The van der Waals surface area contributed by atoms with Gasteiger partial charge in [0.05, 0.1) is 19.0 Å². The first-order chi connectivity index (χ1) is 13.9. The molecule has 0 spiro atoms. The van der Waals surface area contributed by atoms with Crippen molar-refractivity contribution in [1.29, 1.82) is 0 Å². The van der Waals surface area contributed by atoms with Crippen molar-refractivity contribution in [3.05, 3.63) is 34.6 Å². The molecule has 1 aromatic carbocycles. The summed E-state index contributed by atoms with van der Waals surface area (Å²) in [5, 5.41) is 19.0. The Morgan fingerprint density at radius 1 is 1.34 bits per heavy atom. The number of ether oxygens (including phenoxy) is 1. The highest BCUT2D eigenvalue weighted by molar-refractivity contribution is 7.91. The van der Waals surface area contributed by atoms with E-state index in [1.807, 2.05) is 0 Å². The smallest absolute Gasteiger partial charge is 0.354 e. The maximum atomic E-state index is 13.0. The van der Waals surface area contributed by atoms with Crippen molar-refractivity contribution in [1.82, 2.24) is 9.55 Å². The van der Waals surface area contributed by atoms with Gasteiger partial charge in [0.2, 0.25) is 10.9 Å². The van der Waals surface area contributed by atoms with Gasteiger partial charge in [-0.25, -0.2) is 19.1 Å². The van der Waals surface area contributed by atoms with Gasteiger partial charge >= 0.3 is 6.03 Å². The van der Waals surface area contributed by atoms with E-state index in [2.05, 4.69) is 20.7 Å². The Labute approximate surface area is 168 Å². The molecular formula is C19H23N5O4S. The second-order valence-electron chi connectivity index (χ2n) is 7.71. The first-order valence-electron chi connectivity index (χ1n) is 9.83. The van der Waals surface area contributed by atoms with Gasteiger partial charge in [-0.2, -0.15) is 0 Å². The van der Waals surface area contributed by atoms with Crippen LogP contribution < -0.4 is 15.2 Å². The van der Waals surface area contributed by atoms with E-state index >= 15 is 0 Å². The number of aromatic nitrogens is 2. The van der Waals surface area contributed by atoms with E-state index in [0.29, 0.717) is 37.6 Å². The number of imidazole rings is 1. The van der Waals surface area contributed by atoms with E-state index in [0.717, 1.165) is 47.9 Å². The maximum absolute atomic E-state index is 13.0. The summed E-state index contributed by atoms with van der Waals surface area (Å²) < 4.78 is 24.0. The second kappa shape index (κ2) is 6.82. The fraction of sp³-hybridized carbons (Fsp3) is 0.474. The van der Waals surface area contributed by atoms with E-state index in [1.54, 1.807) is 4.57 Å². The SMILES string of the molecule is NS(=O)(=NC(=O)Nc1c2c(cc3c1CCC3O)CCC2)c1ncn2c1OCCC2. The third-order valence-corrected chi connectivity index (χ3v) is 7.11. The Balaban J connectivity index is 1.50. The molecule has 2 heterocycles. The first kappa shape index (κ1) is 18.6. The van der Waals surface area contributed by atoms with Gasteiger partial charge in [0.1, 0.15) is 0 Å². The topological polar surface area (TPSA) is 132 Å². The number of carbonyl (C=O) groups is 1. The van der Waals surface area contributed by atoms with Gasteiger partial charge in [0.25, 0.3) is 0 Å². The van der Waals surface area contributed by atoms with Crippen molar-refractivity contribution in [3.8, 4) is 5.88 Å². The molecule has 1 aromatic heterocycles. The van der Waals surface area contributed by atoms with Crippen molar-refractivity contribution >= 4 is 21.6 Å². The van der Waals surface area contributed by atoms with Gasteiger partial charge < -0.3 is 19.7 Å². The number of aliphatic hydroxyl groups is 1. The number of nitrogens with two attached hydrogens (primary N) is 1. The Morgan fingerprint density at radius 2 is 2.21 bits per heavy atom. The molecular weight excluding hydrogens is 394 g/mol. The van der Waals surface area contributed by atoms with Gasteiger partial charge in [-0.05, 0) is 60.8 Å². The Bertz CT molecular complexity index is 1130. The van der Waals surface area contributed by atoms with Crippen LogP contribution in [0.25, 0.3) is 0 Å². The quantitative estimate of drug-likeness (QED) is 0.688. The standard InChI is InChI=1S/C19H23N5O4S/c20-29(27,17-18-24(10-21-17)7-2-8-28-18)23-19(26)22-16-12-4-1-3-11(12)9-14-13(16)5-6-15(14)25/h9-10,15,25H,1-8H2,(H3,20,22,23,26,27). The molecule has 0 bridgehead atoms. The summed E-state index contributed by atoms with van der Waals surface area (Å²) in [4.78, 5) is 16.8. The molecule has 5 rings (SSSR count). The third-order valence-electron chi connectivity index (χ3n) is 5.84. The van der Waals surface area contributed by atoms with Crippen molar-refractivity contribution in [2.45, 2.75) is 56.2 Å². The number of urea groups is 1. The summed E-state index contributed by atoms with van der Waals surface area (Å²) in [7, 11) is -3.56. The number of fused-ring (bicyclic) bond motifs is 3. The summed E-state index contributed by atoms with van der Waals surface area (Å²) in [6.45, 7) is 1.17. The lowest BCUT2D eigenvalue weighted by Gasteiger charge is -2.17. The van der Waals surface area contributed by atoms with Crippen LogP contribution in [0.2, 0.25) is 0 Å². The van der Waals surface area contributed by atoms with Gasteiger partial charge in [-0.1, -0.05) is 6.07 Å². The average Bonchev–Trinajstić information content (AvgIpc) is 3.40. The van der Waals surface area contributed by atoms with Crippen LogP contribution in [0, 0.1) is 0 Å². The van der Waals surface area contributed by atoms with Gasteiger partial charge in [-0.3, -0.25) is 0 Å². The Hall–Kier alpha value is -2.43. The third kappa shape index (κ3) is 3.11. The number of carbonyl (C=O) groups excluding carboxylic acids is 1. The van der Waals surface area contributed by atoms with Gasteiger partial charge in [0, 0.05) is 12.2 Å². The highest BCUT2D eigenvalue weighted by Crippen LogP contribution is 2.42. The van der Waals surface area contributed by atoms with Crippen LogP contribution in [0.3, 0.4) is 0 Å². The second-order valence-corrected chi connectivity index (χ2v) is 9.41. The summed E-state index contributed by atoms with van der Waals surface area (Å²) in [5.74, 6) is 0.310. The maximum Gasteiger partial charge on any atom is 0.354 e. The molecule has 1 aliphatic heterocycles. The number of aryl methyl sites for hydroxylation is 2. The number of benzene rings is 1. The number of anilines is 1. The highest BCUT2D eigenvalue weighted by Gasteiger charge is 2.30. The van der Waals surface area contributed by atoms with Crippen molar-refractivity contribution in [2.75, 3.05) is 11.9 Å². The zero-order valence-electron chi connectivity index (χ0n) is 15.9. The number of nitrogens with one attached hydrogen (secondary N) is 1. The molecule has 29 heavy (non-hydrogen) atoms. The molecule has 2 atom stereocenters. The van der Waals surface area contributed by atoms with Crippen molar-refractivity contribution in [2.24, 2.45) is 9.50 Å². The summed E-state index contributed by atoms with van der Waals surface area (Å²) >= 11 is 0. The molecule has 4 N–H and O–H groups in total. The predicted octanol–water partition coefficient (Wildman–Crippen LogP) is 2.07. The molecule has 10 heteroatoms. The lowest BCUT2D eigenvalue weighted by molar-refractivity contribution is 0.180. The Morgan fingerprint density at radius 3 is 3.07 bits per heavy atom. The molecule has 0 saturated carbocycles. The molecule has 0 saturated heterocycles.